The second-order valence-corrected chi connectivity index (χ2v) is 10.4. The van der Waals surface area contributed by atoms with Gasteiger partial charge in [-0.1, -0.05) is 25.1 Å². The lowest BCUT2D eigenvalue weighted by atomic mass is 9.55. The molecule has 0 spiro atoms. The fourth-order valence-electron chi connectivity index (χ4n) is 6.74. The monoisotopic (exact) mass is 424 g/mol. The largest absolute Gasteiger partial charge is 0.497 e. The van der Waals surface area contributed by atoms with E-state index in [2.05, 4.69) is 35.4 Å². The number of rotatable bonds is 4. The topological polar surface area (TPSA) is 42.0 Å². The van der Waals surface area contributed by atoms with Gasteiger partial charge in [-0.25, -0.2) is 0 Å². The summed E-state index contributed by atoms with van der Waals surface area (Å²) in [4.78, 5) is 17.7. The Morgan fingerprint density at radius 2 is 2.06 bits per heavy atom. The van der Waals surface area contributed by atoms with Gasteiger partial charge in [0.15, 0.2) is 0 Å². The number of hydrogen-bond acceptors (Lipinski definition) is 5. The summed E-state index contributed by atoms with van der Waals surface area (Å²) in [5.74, 6) is 1.88. The number of anilines is 1. The zero-order valence-corrected chi connectivity index (χ0v) is 19.0. The van der Waals surface area contributed by atoms with E-state index in [1.165, 1.54) is 24.1 Å². The standard InChI is InChI=1S/C26H36N2O3/c1-18-6-5-9-26(2)16-24-21(15-23(18)26)22(25(29)31-24)17-27-10-12-28(13-11-27)19-7-4-8-20(14-19)30-3/h4,7-8,14,21-24H,1,5-6,9-13,15-17H2,2-3H3/t21-,22+,23+,24+,26+/m0/s1. The average molecular weight is 425 g/mol. The first kappa shape index (κ1) is 20.9. The maximum Gasteiger partial charge on any atom is 0.310 e. The quantitative estimate of drug-likeness (QED) is 0.537. The molecule has 0 N–H and O–H groups in total. The van der Waals surface area contributed by atoms with Crippen LogP contribution in [0.1, 0.15) is 39.0 Å². The van der Waals surface area contributed by atoms with Crippen molar-refractivity contribution in [2.45, 2.75) is 45.1 Å². The Hall–Kier alpha value is -2.01. The Morgan fingerprint density at radius 1 is 1.26 bits per heavy atom. The van der Waals surface area contributed by atoms with Crippen LogP contribution in [-0.2, 0) is 9.53 Å². The molecule has 1 aromatic rings. The van der Waals surface area contributed by atoms with E-state index in [0.717, 1.165) is 57.7 Å². The number of methoxy groups -OCH3 is 1. The Kier molecular flexibility index (Phi) is 5.49. The highest BCUT2D eigenvalue weighted by Crippen LogP contribution is 2.56. The normalized spacial score (nSPS) is 36.0. The van der Waals surface area contributed by atoms with Crippen molar-refractivity contribution in [1.82, 2.24) is 4.90 Å². The van der Waals surface area contributed by atoms with Crippen LogP contribution in [0.4, 0.5) is 5.69 Å². The van der Waals surface area contributed by atoms with Gasteiger partial charge in [-0.3, -0.25) is 9.69 Å². The van der Waals surface area contributed by atoms with E-state index < -0.39 is 0 Å². The fourth-order valence-corrected chi connectivity index (χ4v) is 6.74. The van der Waals surface area contributed by atoms with E-state index in [-0.39, 0.29) is 23.4 Å². The number of nitrogens with zero attached hydrogens (tertiary/aromatic N) is 2. The van der Waals surface area contributed by atoms with Crippen molar-refractivity contribution in [1.29, 1.82) is 0 Å². The molecule has 0 bridgehead atoms. The molecule has 4 aliphatic rings. The van der Waals surface area contributed by atoms with Crippen molar-refractivity contribution >= 4 is 11.7 Å². The van der Waals surface area contributed by atoms with Crippen molar-refractivity contribution in [3.63, 3.8) is 0 Å². The van der Waals surface area contributed by atoms with E-state index in [0.29, 0.717) is 11.8 Å². The van der Waals surface area contributed by atoms with Crippen LogP contribution in [0.2, 0.25) is 0 Å². The lowest BCUT2D eigenvalue weighted by Crippen LogP contribution is -2.50. The number of allylic oxidation sites excluding steroid dienone is 1. The van der Waals surface area contributed by atoms with Crippen molar-refractivity contribution < 1.29 is 14.3 Å². The molecule has 5 rings (SSSR count). The van der Waals surface area contributed by atoms with Gasteiger partial charge in [-0.05, 0) is 55.6 Å². The van der Waals surface area contributed by atoms with Gasteiger partial charge in [0.2, 0.25) is 0 Å². The van der Waals surface area contributed by atoms with Crippen LogP contribution < -0.4 is 9.64 Å². The van der Waals surface area contributed by atoms with E-state index >= 15 is 0 Å². The van der Waals surface area contributed by atoms with Gasteiger partial charge in [0.05, 0.1) is 13.0 Å². The molecule has 5 atom stereocenters. The molecular weight excluding hydrogens is 388 g/mol. The first-order valence-electron chi connectivity index (χ1n) is 12.0. The lowest BCUT2D eigenvalue weighted by Gasteiger charge is -2.50. The molecule has 5 nitrogen and oxygen atoms in total. The average Bonchev–Trinajstić information content (AvgIpc) is 3.06. The molecule has 1 aromatic carbocycles. The van der Waals surface area contributed by atoms with Crippen LogP contribution in [-0.4, -0.2) is 56.8 Å². The molecule has 0 aromatic heterocycles. The SMILES string of the molecule is C=C1CCC[C@]2(C)C[C@H]3OC(=O)[C@H](CN4CCN(c5cccc(OC)c5)CC4)[C@@H]3C[C@H]12. The predicted octanol–water partition coefficient (Wildman–Crippen LogP) is 4.13. The number of carbonyl (C=O) groups is 1. The summed E-state index contributed by atoms with van der Waals surface area (Å²) in [6.07, 6.45) is 5.85. The molecule has 168 valence electrons. The van der Waals surface area contributed by atoms with Gasteiger partial charge >= 0.3 is 5.97 Å². The molecule has 2 heterocycles. The minimum atomic E-state index is 0.0210. The summed E-state index contributed by atoms with van der Waals surface area (Å²) >= 11 is 0. The van der Waals surface area contributed by atoms with Gasteiger partial charge in [-0.15, -0.1) is 0 Å². The van der Waals surface area contributed by atoms with E-state index in [4.69, 9.17) is 9.47 Å². The molecular formula is C26H36N2O3. The molecule has 2 saturated carbocycles. The van der Waals surface area contributed by atoms with Crippen molar-refractivity contribution in [3.8, 4) is 5.75 Å². The molecule has 4 fully saturated rings. The third-order valence-electron chi connectivity index (χ3n) is 8.57. The second-order valence-electron chi connectivity index (χ2n) is 10.4. The van der Waals surface area contributed by atoms with Gasteiger partial charge in [0, 0.05) is 50.4 Å². The van der Waals surface area contributed by atoms with Crippen molar-refractivity contribution in [2.24, 2.45) is 23.2 Å². The minimum Gasteiger partial charge on any atom is -0.497 e. The van der Waals surface area contributed by atoms with Crippen LogP contribution in [0, 0.1) is 23.2 Å². The van der Waals surface area contributed by atoms with E-state index in [1.807, 2.05) is 12.1 Å². The van der Waals surface area contributed by atoms with Crippen LogP contribution in [0.5, 0.6) is 5.75 Å². The molecule has 5 heteroatoms. The molecule has 2 saturated heterocycles. The van der Waals surface area contributed by atoms with Crippen LogP contribution in [0.15, 0.2) is 36.4 Å². The number of carbonyl (C=O) groups excluding carboxylic acids is 1. The summed E-state index contributed by atoms with van der Waals surface area (Å²) in [5, 5.41) is 0. The summed E-state index contributed by atoms with van der Waals surface area (Å²) in [6, 6.07) is 8.28. The number of ether oxygens (including phenoxy) is 2. The van der Waals surface area contributed by atoms with Gasteiger partial charge < -0.3 is 14.4 Å². The van der Waals surface area contributed by atoms with Gasteiger partial charge in [0.1, 0.15) is 11.9 Å². The maximum atomic E-state index is 12.9. The Bertz CT molecular complexity index is 847. The number of hydrogen-bond donors (Lipinski definition) is 0. The third-order valence-corrected chi connectivity index (χ3v) is 8.57. The van der Waals surface area contributed by atoms with Crippen LogP contribution >= 0.6 is 0 Å². The Balaban J connectivity index is 1.22. The first-order valence-corrected chi connectivity index (χ1v) is 12.0. The van der Waals surface area contributed by atoms with Crippen molar-refractivity contribution in [3.05, 3.63) is 36.4 Å². The number of piperazine rings is 1. The van der Waals surface area contributed by atoms with Gasteiger partial charge in [0.25, 0.3) is 0 Å². The van der Waals surface area contributed by atoms with E-state index in [9.17, 15) is 4.79 Å². The zero-order valence-electron chi connectivity index (χ0n) is 19.0. The highest BCUT2D eigenvalue weighted by Gasteiger charge is 2.55. The van der Waals surface area contributed by atoms with Crippen LogP contribution in [0.3, 0.4) is 0 Å². The van der Waals surface area contributed by atoms with Crippen LogP contribution in [0.25, 0.3) is 0 Å². The van der Waals surface area contributed by atoms with Crippen molar-refractivity contribution in [2.75, 3.05) is 44.7 Å². The van der Waals surface area contributed by atoms with Gasteiger partial charge in [-0.2, -0.15) is 0 Å². The molecule has 2 aliphatic heterocycles. The summed E-state index contributed by atoms with van der Waals surface area (Å²) in [5.41, 5.74) is 2.90. The summed E-state index contributed by atoms with van der Waals surface area (Å²) in [6.45, 7) is 11.6. The molecule has 0 amide bonds. The number of esters is 1. The highest BCUT2D eigenvalue weighted by atomic mass is 16.6. The highest BCUT2D eigenvalue weighted by molar-refractivity contribution is 5.75. The lowest BCUT2D eigenvalue weighted by molar-refractivity contribution is -0.146. The second kappa shape index (κ2) is 8.16. The molecule has 0 radical (unpaired) electrons. The first-order chi connectivity index (χ1) is 15.0. The molecule has 31 heavy (non-hydrogen) atoms. The third kappa shape index (κ3) is 3.86. The fraction of sp³-hybridized carbons (Fsp3) is 0.654. The number of fused-ring (bicyclic) bond motifs is 2. The zero-order chi connectivity index (χ0) is 21.6. The molecule has 2 aliphatic carbocycles. The Morgan fingerprint density at radius 3 is 2.84 bits per heavy atom. The Labute approximate surface area is 186 Å². The maximum absolute atomic E-state index is 12.9. The predicted molar refractivity (Wildman–Crippen MR) is 122 cm³/mol. The van der Waals surface area contributed by atoms with E-state index in [1.54, 1.807) is 7.11 Å². The molecule has 0 unspecified atom stereocenters. The number of benzene rings is 1. The summed E-state index contributed by atoms with van der Waals surface area (Å²) < 4.78 is 11.3. The minimum absolute atomic E-state index is 0.0210. The summed E-state index contributed by atoms with van der Waals surface area (Å²) in [7, 11) is 1.71. The smallest absolute Gasteiger partial charge is 0.310 e.